The number of ether oxygens (including phenoxy) is 1. The molecule has 3 aromatic carbocycles. The second-order valence-electron chi connectivity index (χ2n) is 7.79. The average molecular weight is 442 g/mol. The Balaban J connectivity index is 1.55. The van der Waals surface area contributed by atoms with Gasteiger partial charge in [0.25, 0.3) is 5.91 Å². The topological polar surface area (TPSA) is 54.8 Å². The Labute approximate surface area is 191 Å². The zero-order valence-corrected chi connectivity index (χ0v) is 18.6. The van der Waals surface area contributed by atoms with Crippen LogP contribution in [0.3, 0.4) is 0 Å². The lowest BCUT2D eigenvalue weighted by Crippen LogP contribution is -2.26. The first-order valence-electron chi connectivity index (χ1n) is 10.7. The number of methoxy groups -OCH3 is 1. The van der Waals surface area contributed by atoms with Crippen LogP contribution in [-0.4, -0.2) is 24.2 Å². The summed E-state index contributed by atoms with van der Waals surface area (Å²) in [6, 6.07) is 21.5. The number of carbonyl (C=O) groups excluding carboxylic acids is 1. The number of fused-ring (bicyclic) bond motifs is 2. The molecule has 1 heterocycles. The second-order valence-corrected chi connectivity index (χ2v) is 8.80. The van der Waals surface area contributed by atoms with Crippen molar-refractivity contribution >= 4 is 38.8 Å². The Morgan fingerprint density at radius 3 is 2.66 bits per heavy atom. The third-order valence-corrected chi connectivity index (χ3v) is 6.67. The molecule has 4 aromatic rings. The van der Waals surface area contributed by atoms with Gasteiger partial charge in [-0.3, -0.25) is 4.79 Å². The summed E-state index contributed by atoms with van der Waals surface area (Å²) >= 11 is 1.42. The van der Waals surface area contributed by atoms with Gasteiger partial charge in [-0.05, 0) is 72.7 Å². The molecule has 160 valence electrons. The highest BCUT2D eigenvalue weighted by atomic mass is 32.1. The summed E-state index contributed by atoms with van der Waals surface area (Å²) in [6.07, 6.45) is 6.18. The Morgan fingerprint density at radius 2 is 1.84 bits per heavy atom. The summed E-state index contributed by atoms with van der Waals surface area (Å²) < 4.78 is 6.28. The highest BCUT2D eigenvalue weighted by molar-refractivity contribution is 7.22. The minimum atomic E-state index is -0.184. The van der Waals surface area contributed by atoms with Crippen LogP contribution in [0.25, 0.3) is 10.2 Å². The minimum Gasteiger partial charge on any atom is -0.497 e. The summed E-state index contributed by atoms with van der Waals surface area (Å²) in [7, 11) is 1.64. The van der Waals surface area contributed by atoms with Crippen LogP contribution in [0.15, 0.2) is 71.8 Å². The number of hydrazone groups is 1. The Kier molecular flexibility index (Phi) is 5.69. The van der Waals surface area contributed by atoms with Gasteiger partial charge >= 0.3 is 0 Å². The van der Waals surface area contributed by atoms with E-state index in [4.69, 9.17) is 4.74 Å². The van der Waals surface area contributed by atoms with E-state index in [1.54, 1.807) is 13.3 Å². The molecule has 0 aliphatic heterocycles. The molecular weight excluding hydrogens is 418 g/mol. The van der Waals surface area contributed by atoms with E-state index in [2.05, 4.69) is 16.2 Å². The van der Waals surface area contributed by atoms with Gasteiger partial charge in [0.2, 0.25) is 5.13 Å². The van der Waals surface area contributed by atoms with Gasteiger partial charge in [-0.25, -0.2) is 4.98 Å². The molecule has 32 heavy (non-hydrogen) atoms. The fourth-order valence-corrected chi connectivity index (χ4v) is 4.90. The first kappa shape index (κ1) is 20.4. The summed E-state index contributed by atoms with van der Waals surface area (Å²) in [5.74, 6) is 0.574. The standard InChI is InChI=1S/C26H23N3O2S/c1-31-22-13-14-23-24(16-22)32-26(28-23)29(27-17-18-7-3-2-4-8-18)25(30)21-12-11-19-9-5-6-10-20(19)15-21/h2-4,7-8,11-17H,5-6,9-10H2,1H3/b27-17+. The van der Waals surface area contributed by atoms with Crippen LogP contribution in [-0.2, 0) is 12.8 Å². The van der Waals surface area contributed by atoms with E-state index < -0.39 is 0 Å². The molecule has 0 fully saturated rings. The van der Waals surface area contributed by atoms with Crippen LogP contribution >= 0.6 is 11.3 Å². The number of hydrogen-bond acceptors (Lipinski definition) is 5. The molecule has 5 rings (SSSR count). The number of thiazole rings is 1. The highest BCUT2D eigenvalue weighted by Crippen LogP contribution is 2.33. The van der Waals surface area contributed by atoms with Crippen molar-refractivity contribution in [1.82, 2.24) is 4.98 Å². The number of anilines is 1. The van der Waals surface area contributed by atoms with Crippen LogP contribution in [0.5, 0.6) is 5.75 Å². The molecule has 1 aliphatic rings. The molecule has 1 aromatic heterocycles. The number of aryl methyl sites for hydroxylation is 2. The van der Waals surface area contributed by atoms with Crippen molar-refractivity contribution in [3.8, 4) is 5.75 Å². The molecule has 0 saturated carbocycles. The molecule has 1 amide bonds. The third-order valence-electron chi connectivity index (χ3n) is 5.68. The summed E-state index contributed by atoms with van der Waals surface area (Å²) in [6.45, 7) is 0. The van der Waals surface area contributed by atoms with E-state index in [0.29, 0.717) is 10.7 Å². The van der Waals surface area contributed by atoms with Gasteiger partial charge in [0.1, 0.15) is 5.75 Å². The van der Waals surface area contributed by atoms with Gasteiger partial charge in [0.05, 0.1) is 23.5 Å². The lowest BCUT2D eigenvalue weighted by Gasteiger charge is -2.18. The van der Waals surface area contributed by atoms with Gasteiger partial charge < -0.3 is 4.74 Å². The van der Waals surface area contributed by atoms with Crippen LogP contribution in [0.4, 0.5) is 5.13 Å². The average Bonchev–Trinajstić information content (AvgIpc) is 3.27. The zero-order chi connectivity index (χ0) is 21.9. The second kappa shape index (κ2) is 8.93. The molecule has 5 nitrogen and oxygen atoms in total. The Hall–Kier alpha value is -3.51. The molecule has 0 atom stereocenters. The van der Waals surface area contributed by atoms with Gasteiger partial charge in [0, 0.05) is 5.56 Å². The molecule has 0 radical (unpaired) electrons. The Morgan fingerprint density at radius 1 is 1.03 bits per heavy atom. The first-order chi connectivity index (χ1) is 15.7. The van der Waals surface area contributed by atoms with Gasteiger partial charge in [-0.2, -0.15) is 10.1 Å². The fraction of sp³-hybridized carbons (Fsp3) is 0.192. The quantitative estimate of drug-likeness (QED) is 0.288. The summed E-state index contributed by atoms with van der Waals surface area (Å²) in [5.41, 5.74) is 4.97. The molecule has 6 heteroatoms. The van der Waals surface area contributed by atoms with Crippen LogP contribution < -0.4 is 9.75 Å². The van der Waals surface area contributed by atoms with Crippen LogP contribution in [0.2, 0.25) is 0 Å². The van der Waals surface area contributed by atoms with E-state index in [1.807, 2.05) is 60.7 Å². The molecule has 0 unspecified atom stereocenters. The van der Waals surface area contributed by atoms with Gasteiger partial charge in [-0.1, -0.05) is 47.7 Å². The lowest BCUT2D eigenvalue weighted by atomic mass is 9.90. The van der Waals surface area contributed by atoms with Crippen molar-refractivity contribution in [3.05, 3.63) is 89.0 Å². The monoisotopic (exact) mass is 441 g/mol. The first-order valence-corrected chi connectivity index (χ1v) is 11.5. The number of aromatic nitrogens is 1. The summed E-state index contributed by atoms with van der Waals surface area (Å²) in [4.78, 5) is 18.3. The van der Waals surface area contributed by atoms with Gasteiger partial charge in [0.15, 0.2) is 0 Å². The predicted octanol–water partition coefficient (Wildman–Crippen LogP) is 5.86. The van der Waals surface area contributed by atoms with Crippen molar-refractivity contribution in [1.29, 1.82) is 0 Å². The van der Waals surface area contributed by atoms with Crippen molar-refractivity contribution in [3.63, 3.8) is 0 Å². The number of rotatable bonds is 5. The van der Waals surface area contributed by atoms with Crippen molar-refractivity contribution in [2.75, 3.05) is 12.1 Å². The lowest BCUT2D eigenvalue weighted by molar-refractivity contribution is 0.0987. The molecule has 0 N–H and O–H groups in total. The predicted molar refractivity (Wildman–Crippen MR) is 130 cm³/mol. The molecular formula is C26H23N3O2S. The third kappa shape index (κ3) is 4.14. The zero-order valence-electron chi connectivity index (χ0n) is 17.8. The smallest absolute Gasteiger partial charge is 0.280 e. The maximum absolute atomic E-state index is 13.6. The maximum atomic E-state index is 13.6. The number of carbonyl (C=O) groups is 1. The Bertz CT molecular complexity index is 1300. The minimum absolute atomic E-state index is 0.184. The van der Waals surface area contributed by atoms with Crippen molar-refractivity contribution in [2.24, 2.45) is 5.10 Å². The van der Waals surface area contributed by atoms with Crippen molar-refractivity contribution in [2.45, 2.75) is 25.7 Å². The maximum Gasteiger partial charge on any atom is 0.280 e. The van der Waals surface area contributed by atoms with Crippen LogP contribution in [0.1, 0.15) is 39.9 Å². The molecule has 0 bridgehead atoms. The van der Waals surface area contributed by atoms with Crippen LogP contribution in [0, 0.1) is 0 Å². The highest BCUT2D eigenvalue weighted by Gasteiger charge is 2.22. The van der Waals surface area contributed by atoms with Gasteiger partial charge in [-0.15, -0.1) is 0 Å². The summed E-state index contributed by atoms with van der Waals surface area (Å²) in [5, 5.41) is 6.51. The molecule has 0 saturated heterocycles. The number of nitrogens with zero attached hydrogens (tertiary/aromatic N) is 3. The van der Waals surface area contributed by atoms with E-state index in [0.717, 1.165) is 34.4 Å². The largest absolute Gasteiger partial charge is 0.497 e. The molecule has 0 spiro atoms. The number of amides is 1. The van der Waals surface area contributed by atoms with E-state index in [9.17, 15) is 4.79 Å². The normalized spacial score (nSPS) is 13.3. The van der Waals surface area contributed by atoms with Crippen molar-refractivity contribution < 1.29 is 9.53 Å². The molecule has 1 aliphatic carbocycles. The fourth-order valence-electron chi connectivity index (χ4n) is 3.95. The number of benzene rings is 3. The van der Waals surface area contributed by atoms with E-state index in [1.165, 1.54) is 40.3 Å². The van der Waals surface area contributed by atoms with E-state index >= 15 is 0 Å². The van der Waals surface area contributed by atoms with E-state index in [-0.39, 0.29) is 5.91 Å². The SMILES string of the molecule is COc1ccc2nc(N(/N=C/c3ccccc3)C(=O)c3ccc4c(c3)CCCC4)sc2c1. The number of hydrogen-bond donors (Lipinski definition) is 0.